The number of ether oxygens (including phenoxy) is 2. The average Bonchev–Trinajstić information content (AvgIpc) is 2.79. The Morgan fingerprint density at radius 3 is 2.14 bits per heavy atom. The smallest absolute Gasteiger partial charge is 0.243 e. The molecule has 1 aromatic carbocycles. The zero-order valence-electron chi connectivity index (χ0n) is 13.4. The molecule has 1 aromatic rings. The van der Waals surface area contributed by atoms with E-state index in [4.69, 9.17) is 9.47 Å². The summed E-state index contributed by atoms with van der Waals surface area (Å²) < 4.78 is 38.2. The summed E-state index contributed by atoms with van der Waals surface area (Å²) in [6.45, 7) is 5.92. The first-order chi connectivity index (χ1) is 10.6. The molecule has 0 atom stereocenters. The molecule has 1 aliphatic rings. The summed E-state index contributed by atoms with van der Waals surface area (Å²) in [6.07, 6.45) is 4.04. The Kier molecular flexibility index (Phi) is 6.08. The van der Waals surface area contributed by atoms with Gasteiger partial charge in [0.1, 0.15) is 0 Å². The topological polar surface area (TPSA) is 55.8 Å². The van der Waals surface area contributed by atoms with Crippen LogP contribution in [0, 0.1) is 0 Å². The van der Waals surface area contributed by atoms with E-state index in [2.05, 4.69) is 0 Å². The maximum Gasteiger partial charge on any atom is 0.243 e. The molecule has 6 heteroatoms. The zero-order valence-corrected chi connectivity index (χ0v) is 14.2. The van der Waals surface area contributed by atoms with Crippen molar-refractivity contribution >= 4 is 10.0 Å². The first-order valence-electron chi connectivity index (χ1n) is 7.99. The highest BCUT2D eigenvalue weighted by atomic mass is 32.2. The number of benzene rings is 1. The molecule has 1 fully saturated rings. The van der Waals surface area contributed by atoms with Crippen molar-refractivity contribution in [3.05, 3.63) is 18.2 Å². The third-order valence-corrected chi connectivity index (χ3v) is 5.61. The molecular weight excluding hydrogens is 302 g/mol. The van der Waals surface area contributed by atoms with Crippen molar-refractivity contribution in [3.63, 3.8) is 0 Å². The van der Waals surface area contributed by atoms with Crippen LogP contribution >= 0.6 is 0 Å². The monoisotopic (exact) mass is 327 g/mol. The van der Waals surface area contributed by atoms with Gasteiger partial charge in [0.05, 0.1) is 18.1 Å². The van der Waals surface area contributed by atoms with Gasteiger partial charge in [0.15, 0.2) is 11.5 Å². The van der Waals surface area contributed by atoms with Crippen molar-refractivity contribution in [2.45, 2.75) is 44.4 Å². The van der Waals surface area contributed by atoms with Crippen molar-refractivity contribution < 1.29 is 17.9 Å². The van der Waals surface area contributed by atoms with E-state index < -0.39 is 10.0 Å². The minimum Gasteiger partial charge on any atom is -0.490 e. The minimum atomic E-state index is -3.46. The second-order valence-electron chi connectivity index (χ2n) is 5.29. The molecule has 0 aliphatic carbocycles. The molecule has 0 unspecified atom stereocenters. The van der Waals surface area contributed by atoms with Crippen LogP contribution in [0.2, 0.25) is 0 Å². The summed E-state index contributed by atoms with van der Waals surface area (Å²) in [4.78, 5) is 0.279. The van der Waals surface area contributed by atoms with Gasteiger partial charge in [-0.2, -0.15) is 4.31 Å². The second kappa shape index (κ2) is 7.83. The van der Waals surface area contributed by atoms with Gasteiger partial charge < -0.3 is 9.47 Å². The van der Waals surface area contributed by atoms with Gasteiger partial charge >= 0.3 is 0 Å². The maximum atomic E-state index is 12.8. The van der Waals surface area contributed by atoms with Crippen LogP contribution < -0.4 is 9.47 Å². The fraction of sp³-hybridized carbons (Fsp3) is 0.625. The van der Waals surface area contributed by atoms with Crippen LogP contribution in [0.5, 0.6) is 11.5 Å². The first-order valence-corrected chi connectivity index (χ1v) is 9.43. The lowest BCUT2D eigenvalue weighted by Crippen LogP contribution is -2.31. The van der Waals surface area contributed by atoms with Gasteiger partial charge in [-0.3, -0.25) is 0 Å². The molecule has 0 spiro atoms. The molecule has 124 valence electrons. The van der Waals surface area contributed by atoms with Crippen LogP contribution in [-0.4, -0.2) is 39.0 Å². The molecule has 0 N–H and O–H groups in total. The predicted molar refractivity (Wildman–Crippen MR) is 86.0 cm³/mol. The lowest BCUT2D eigenvalue weighted by Gasteiger charge is -2.21. The number of sulfonamides is 1. The van der Waals surface area contributed by atoms with Crippen LogP contribution in [0.1, 0.15) is 39.5 Å². The number of nitrogens with zero attached hydrogens (tertiary/aromatic N) is 1. The van der Waals surface area contributed by atoms with Gasteiger partial charge in [-0.05, 0) is 38.8 Å². The maximum absolute atomic E-state index is 12.8. The van der Waals surface area contributed by atoms with Crippen LogP contribution in [0.3, 0.4) is 0 Å². The third-order valence-electron chi connectivity index (χ3n) is 3.72. The Morgan fingerprint density at radius 2 is 1.55 bits per heavy atom. The molecule has 22 heavy (non-hydrogen) atoms. The first kappa shape index (κ1) is 17.1. The average molecular weight is 327 g/mol. The quantitative estimate of drug-likeness (QED) is 0.806. The largest absolute Gasteiger partial charge is 0.490 e. The minimum absolute atomic E-state index is 0.279. The molecule has 0 aromatic heterocycles. The summed E-state index contributed by atoms with van der Waals surface area (Å²) >= 11 is 0. The fourth-order valence-electron chi connectivity index (χ4n) is 2.62. The van der Waals surface area contributed by atoms with Gasteiger partial charge in [-0.15, -0.1) is 0 Å². The van der Waals surface area contributed by atoms with Crippen molar-refractivity contribution in [1.82, 2.24) is 4.31 Å². The van der Waals surface area contributed by atoms with Crippen molar-refractivity contribution in [2.24, 2.45) is 0 Å². The van der Waals surface area contributed by atoms with Gasteiger partial charge in [0.2, 0.25) is 10.0 Å². The molecule has 0 bridgehead atoms. The number of hydrogen-bond acceptors (Lipinski definition) is 4. The predicted octanol–water partition coefficient (Wildman–Crippen LogP) is 3.05. The number of rotatable bonds is 6. The standard InChI is InChI=1S/C16H25NO4S/c1-3-20-15-10-9-14(13-16(15)21-4-2)22(18,19)17-11-7-5-6-8-12-17/h9-10,13H,3-8,11-12H2,1-2H3. The van der Waals surface area contributed by atoms with Crippen LogP contribution in [0.25, 0.3) is 0 Å². The summed E-state index contributed by atoms with van der Waals surface area (Å²) in [5, 5.41) is 0. The van der Waals surface area contributed by atoms with Crippen LogP contribution in [0.4, 0.5) is 0 Å². The lowest BCUT2D eigenvalue weighted by atomic mass is 10.2. The fourth-order valence-corrected chi connectivity index (χ4v) is 4.16. The molecule has 1 saturated heterocycles. The molecule has 0 radical (unpaired) electrons. The van der Waals surface area contributed by atoms with Crippen LogP contribution in [-0.2, 0) is 10.0 Å². The van der Waals surface area contributed by atoms with Gasteiger partial charge in [0.25, 0.3) is 0 Å². The Hall–Kier alpha value is -1.27. The van der Waals surface area contributed by atoms with E-state index in [1.54, 1.807) is 22.5 Å². The highest BCUT2D eigenvalue weighted by Crippen LogP contribution is 2.32. The lowest BCUT2D eigenvalue weighted by molar-refractivity contribution is 0.287. The second-order valence-corrected chi connectivity index (χ2v) is 7.23. The number of hydrogen-bond donors (Lipinski definition) is 0. The summed E-state index contributed by atoms with van der Waals surface area (Å²) in [6, 6.07) is 4.86. The molecule has 1 aliphatic heterocycles. The van der Waals surface area contributed by atoms with Gasteiger partial charge in [-0.1, -0.05) is 12.8 Å². The van der Waals surface area contributed by atoms with Crippen molar-refractivity contribution in [2.75, 3.05) is 26.3 Å². The van der Waals surface area contributed by atoms with Gasteiger partial charge in [0, 0.05) is 19.2 Å². The molecule has 2 rings (SSSR count). The highest BCUT2D eigenvalue weighted by molar-refractivity contribution is 7.89. The van der Waals surface area contributed by atoms with E-state index in [0.717, 1.165) is 25.7 Å². The molecule has 1 heterocycles. The summed E-state index contributed by atoms with van der Waals surface area (Å²) in [7, 11) is -3.46. The van der Waals surface area contributed by atoms with E-state index in [-0.39, 0.29) is 4.90 Å². The van der Waals surface area contributed by atoms with Gasteiger partial charge in [-0.25, -0.2) is 8.42 Å². The zero-order chi connectivity index (χ0) is 16.0. The normalized spacial score (nSPS) is 17.0. The third kappa shape index (κ3) is 3.93. The SMILES string of the molecule is CCOc1ccc(S(=O)(=O)N2CCCCCC2)cc1OCC. The molecular formula is C16H25NO4S. The van der Waals surface area contributed by atoms with Crippen molar-refractivity contribution in [1.29, 1.82) is 0 Å². The van der Waals surface area contributed by atoms with E-state index in [9.17, 15) is 8.42 Å². The van der Waals surface area contributed by atoms with Crippen LogP contribution in [0.15, 0.2) is 23.1 Å². The molecule has 0 amide bonds. The Balaban J connectivity index is 2.31. The summed E-state index contributed by atoms with van der Waals surface area (Å²) in [5.74, 6) is 1.07. The molecule has 5 nitrogen and oxygen atoms in total. The van der Waals surface area contributed by atoms with E-state index in [1.165, 1.54) is 0 Å². The Labute approximate surface area is 133 Å². The van der Waals surface area contributed by atoms with E-state index >= 15 is 0 Å². The summed E-state index contributed by atoms with van der Waals surface area (Å²) in [5.41, 5.74) is 0. The molecule has 0 saturated carbocycles. The van der Waals surface area contributed by atoms with E-state index in [1.807, 2.05) is 13.8 Å². The highest BCUT2D eigenvalue weighted by Gasteiger charge is 2.26. The Bertz CT molecular complexity index is 578. The Morgan fingerprint density at radius 1 is 0.955 bits per heavy atom. The van der Waals surface area contributed by atoms with Crippen molar-refractivity contribution in [3.8, 4) is 11.5 Å². The van der Waals surface area contributed by atoms with E-state index in [0.29, 0.717) is 37.8 Å².